The zero-order chi connectivity index (χ0) is 81.1. The van der Waals surface area contributed by atoms with Crippen LogP contribution in [0.2, 0.25) is 0 Å². The molecule has 33 heteroatoms. The van der Waals surface area contributed by atoms with Gasteiger partial charge in [-0.2, -0.15) is 39.5 Å². The van der Waals surface area contributed by atoms with Crippen LogP contribution in [0.25, 0.3) is 0 Å². The molecule has 0 N–H and O–H groups in total. The number of esters is 2. The van der Waals surface area contributed by atoms with E-state index in [2.05, 4.69) is 4.74 Å². The molecule has 0 spiro atoms. The molecule has 0 saturated carbocycles. The fourth-order valence-electron chi connectivity index (χ4n) is 8.78. The Labute approximate surface area is 652 Å². The second kappa shape index (κ2) is 83.0. The first-order chi connectivity index (χ1) is 53.3. The van der Waals surface area contributed by atoms with Crippen LogP contribution in [0.5, 0.6) is 0 Å². The third-order valence-corrected chi connectivity index (χ3v) is 15.6. The third kappa shape index (κ3) is 73.2. The van der Waals surface area contributed by atoms with Crippen molar-refractivity contribution in [1.29, 1.82) is 0 Å². The molecule has 0 amide bonds. The highest BCUT2D eigenvalue weighted by Gasteiger charge is 2.81. The highest BCUT2D eigenvalue weighted by molar-refractivity contribution is 5.72. The van der Waals surface area contributed by atoms with Crippen molar-refractivity contribution in [3.05, 3.63) is 0 Å². The Hall–Kier alpha value is -2.49. The summed E-state index contributed by atoms with van der Waals surface area (Å²) in [6.45, 7) is 32.9. The van der Waals surface area contributed by atoms with Crippen molar-refractivity contribution in [1.82, 2.24) is 0 Å². The lowest BCUT2D eigenvalue weighted by Gasteiger charge is -2.33. The summed E-state index contributed by atoms with van der Waals surface area (Å²) >= 11 is 0. The van der Waals surface area contributed by atoms with Gasteiger partial charge in [-0.1, -0.05) is 27.7 Å². The van der Waals surface area contributed by atoms with Crippen molar-refractivity contribution < 1.29 is 153 Å². The Balaban J connectivity index is 0. The van der Waals surface area contributed by atoms with Gasteiger partial charge in [0.1, 0.15) is 0 Å². The Morgan fingerprint density at radius 3 is 0.518 bits per heavy atom. The van der Waals surface area contributed by atoms with E-state index in [4.69, 9.17) is 99.5 Å². The normalized spacial score (nSPS) is 12.8. The van der Waals surface area contributed by atoms with Gasteiger partial charge in [0.25, 0.3) is 0 Å². The van der Waals surface area contributed by atoms with E-state index < -0.39 is 48.9 Å². The van der Waals surface area contributed by atoms with E-state index in [1.54, 1.807) is 7.11 Å². The first kappa shape index (κ1) is 110. The summed E-state index contributed by atoms with van der Waals surface area (Å²) in [6.07, 6.45) is 9.60. The molecule has 0 aromatic rings. The molecule has 0 aliphatic heterocycles. The molecule has 2 atom stereocenters. The van der Waals surface area contributed by atoms with E-state index in [0.717, 1.165) is 168 Å². The number of hydrogen-bond acceptors (Lipinski definition) is 24. The summed E-state index contributed by atoms with van der Waals surface area (Å²) in [5.41, 5.74) is 0. The molecule has 0 rings (SSSR count). The summed E-state index contributed by atoms with van der Waals surface area (Å²) in [6, 6.07) is 0. The number of hydrogen-bond donors (Lipinski definition) is 0. The lowest BCUT2D eigenvalue weighted by Crippen LogP contribution is -2.61. The highest BCUT2D eigenvalue weighted by atomic mass is 19.4. The molecule has 0 aromatic heterocycles. The van der Waals surface area contributed by atoms with Crippen molar-refractivity contribution in [2.45, 2.75) is 199 Å². The van der Waals surface area contributed by atoms with Crippen LogP contribution in [0, 0.1) is 11.8 Å². The van der Waals surface area contributed by atoms with E-state index in [1.807, 2.05) is 13.8 Å². The fourth-order valence-corrected chi connectivity index (χ4v) is 8.78. The molecule has 0 saturated heterocycles. The SMILES string of the molecule is CCC(C)C(=O)OCCC(F)(F)C(F)(F)C(F)(F)C(F)(F)F.CCC(C)C(=O)OCCCOCCCOCCCOCCCOCCCOCCCOCCCOCCCOCCCOCCCOCCCOCCCOCCCOCCCOCCCOCCCOCCCOCCCOCCCOCCCOC. The number of alkyl halides is 9. The minimum Gasteiger partial charge on any atom is -0.465 e. The van der Waals surface area contributed by atoms with E-state index in [-0.39, 0.29) is 18.3 Å². The van der Waals surface area contributed by atoms with Crippen LogP contribution in [0.15, 0.2) is 0 Å². The quantitative estimate of drug-likeness (QED) is 0.0312. The number of ether oxygens (including phenoxy) is 22. The maximum atomic E-state index is 13.0. The van der Waals surface area contributed by atoms with Crippen LogP contribution < -0.4 is 0 Å². The summed E-state index contributed by atoms with van der Waals surface area (Å²) in [7, 11) is 1.71. The van der Waals surface area contributed by atoms with Crippen molar-refractivity contribution in [2.75, 3.05) is 278 Å². The number of methoxy groups -OCH3 is 1. The summed E-state index contributed by atoms with van der Waals surface area (Å²) in [5, 5.41) is 0. The second-order valence-corrected chi connectivity index (χ2v) is 25.8. The van der Waals surface area contributed by atoms with E-state index >= 15 is 0 Å². The maximum absolute atomic E-state index is 13.0. The summed E-state index contributed by atoms with van der Waals surface area (Å²) < 4.78 is 234. The van der Waals surface area contributed by atoms with Crippen LogP contribution in [0.1, 0.15) is 175 Å². The number of carbonyl (C=O) groups excluding carboxylic acids is 2. The molecule has 0 aliphatic rings. The van der Waals surface area contributed by atoms with Gasteiger partial charge in [-0.25, -0.2) is 0 Å². The van der Waals surface area contributed by atoms with Gasteiger partial charge in [-0.05, 0) is 135 Å². The first-order valence-electron chi connectivity index (χ1n) is 40.3. The maximum Gasteiger partial charge on any atom is 0.460 e. The molecule has 0 bridgehead atoms. The lowest BCUT2D eigenvalue weighted by molar-refractivity contribution is -0.397. The van der Waals surface area contributed by atoms with Crippen LogP contribution in [0.3, 0.4) is 0 Å². The Kier molecular flexibility index (Phi) is 82.7. The summed E-state index contributed by atoms with van der Waals surface area (Å²) in [4.78, 5) is 22.7. The van der Waals surface area contributed by atoms with Gasteiger partial charge in [0.15, 0.2) is 0 Å². The van der Waals surface area contributed by atoms with Crippen LogP contribution in [-0.2, 0) is 114 Å². The van der Waals surface area contributed by atoms with Gasteiger partial charge < -0.3 is 104 Å². The molecule has 24 nitrogen and oxygen atoms in total. The largest absolute Gasteiger partial charge is 0.465 e. The molecule has 0 heterocycles. The second-order valence-electron chi connectivity index (χ2n) is 25.8. The smallest absolute Gasteiger partial charge is 0.460 e. The zero-order valence-electron chi connectivity index (χ0n) is 67.6. The minimum atomic E-state index is -6.93. The van der Waals surface area contributed by atoms with Gasteiger partial charge in [0.2, 0.25) is 0 Å². The molecule has 0 aliphatic carbocycles. The van der Waals surface area contributed by atoms with Crippen molar-refractivity contribution in [2.24, 2.45) is 11.8 Å². The molecule has 0 radical (unpaired) electrons. The van der Waals surface area contributed by atoms with Gasteiger partial charge in [0.05, 0.1) is 31.5 Å². The molecule has 2 unspecified atom stereocenters. The molecular weight excluding hydrogens is 1480 g/mol. The van der Waals surface area contributed by atoms with Gasteiger partial charge in [-0.3, -0.25) is 9.59 Å². The Bertz CT molecular complexity index is 1890. The predicted octanol–water partition coefficient (Wildman–Crippen LogP) is 13.8. The standard InChI is InChI=1S/C66H132O22.C11H13F9O2/c1-4-65(2)66(67)88-64-24-63-87-62-23-61-86-60-22-59-85-58-21-57-84-56-20-55-83-54-19-53-82-52-18-51-81-50-17-49-80-48-16-47-79-46-15-45-78-44-14-43-77-42-13-41-76-40-12-39-75-38-11-37-74-36-10-35-73-34-9-33-72-32-8-31-71-30-7-29-70-28-6-27-69-26-5-25-68-3;1-3-6(2)7(21)22-5-4-8(12,13)9(14,15)10(16,17)11(18,19)20/h65H,4-64H2,1-3H3;6H,3-5H2,1-2H3. The topological polar surface area (TPSA) is 237 Å². The average molecular weight is 1630 g/mol. The monoisotopic (exact) mass is 1620 g/mol. The number of rotatable bonds is 89. The van der Waals surface area contributed by atoms with E-state index in [1.165, 1.54) is 13.8 Å². The first-order valence-corrected chi connectivity index (χ1v) is 40.3. The molecule has 660 valence electrons. The van der Waals surface area contributed by atoms with Crippen LogP contribution in [-0.4, -0.2) is 314 Å². The Morgan fingerprint density at radius 1 is 0.227 bits per heavy atom. The number of carbonyl (C=O) groups is 2. The van der Waals surface area contributed by atoms with Gasteiger partial charge >= 0.3 is 35.9 Å². The van der Waals surface area contributed by atoms with Crippen LogP contribution >= 0.6 is 0 Å². The Morgan fingerprint density at radius 2 is 0.373 bits per heavy atom. The minimum absolute atomic E-state index is 0.0378. The van der Waals surface area contributed by atoms with Gasteiger partial charge in [-0.15, -0.1) is 0 Å². The predicted molar refractivity (Wildman–Crippen MR) is 396 cm³/mol. The fraction of sp³-hybridized carbons (Fsp3) is 0.974. The average Bonchev–Trinajstić information content (AvgIpc) is 0.747. The molecular formula is C77H145F9O24. The van der Waals surface area contributed by atoms with Crippen molar-refractivity contribution >= 4 is 11.9 Å². The highest BCUT2D eigenvalue weighted by Crippen LogP contribution is 2.54. The lowest BCUT2D eigenvalue weighted by atomic mass is 10.0. The van der Waals surface area contributed by atoms with E-state index in [0.29, 0.717) is 231 Å². The summed E-state index contributed by atoms with van der Waals surface area (Å²) in [5.74, 6) is -21.3. The van der Waals surface area contributed by atoms with Crippen molar-refractivity contribution in [3.63, 3.8) is 0 Å². The molecule has 0 aromatic carbocycles. The zero-order valence-corrected chi connectivity index (χ0v) is 67.6. The van der Waals surface area contributed by atoms with Crippen molar-refractivity contribution in [3.8, 4) is 0 Å². The molecule has 110 heavy (non-hydrogen) atoms. The van der Waals surface area contributed by atoms with E-state index in [9.17, 15) is 49.1 Å². The van der Waals surface area contributed by atoms with Crippen LogP contribution in [0.4, 0.5) is 39.5 Å². The van der Waals surface area contributed by atoms with Gasteiger partial charge in [0, 0.05) is 271 Å². The number of halogens is 9. The molecule has 0 fully saturated rings. The third-order valence-electron chi connectivity index (χ3n) is 15.6.